The molecule has 25 heavy (non-hydrogen) atoms. The van der Waals surface area contributed by atoms with Crippen molar-refractivity contribution in [3.8, 4) is 12.3 Å². The van der Waals surface area contributed by atoms with Crippen molar-refractivity contribution in [1.29, 1.82) is 0 Å². The topological polar surface area (TPSA) is 173 Å². The van der Waals surface area contributed by atoms with Crippen LogP contribution in [0, 0.1) is 12.3 Å². The van der Waals surface area contributed by atoms with E-state index in [1.54, 1.807) is 0 Å². The first-order chi connectivity index (χ1) is 10.3. The number of carbonyl (C=O) groups excluding carboxylic acids is 2. The number of phosphoric acid groups is 1. The quantitative estimate of drug-likeness (QED) is 0.233. The zero-order chi connectivity index (χ0) is 16.3. The Kier molecular flexibility index (Phi) is 12.4. The normalized spacial score (nSPS) is 15.6. The number of urea groups is 1. The second-order valence-electron chi connectivity index (χ2n) is 4.23. The standard InChI is InChI=1S/C11H11N4O6P.2Na.H2O/c1-2-5-15-10(16)8-9(14-11(15)17)13-7(12-8)4-3-6-21-22(18,19)20;;;/h1H,3-6H2,(H2,18,19,20);;;1H2. The van der Waals surface area contributed by atoms with E-state index in [2.05, 4.69) is 25.4 Å². The predicted octanol–water partition coefficient (Wildman–Crippen LogP) is -1.86. The van der Waals surface area contributed by atoms with E-state index in [1.165, 1.54) is 0 Å². The number of hydrogen-bond donors (Lipinski definition) is 2. The minimum Gasteiger partial charge on any atom is -0.412 e. The van der Waals surface area contributed by atoms with Gasteiger partial charge in [-0.2, -0.15) is 4.99 Å². The van der Waals surface area contributed by atoms with E-state index >= 15 is 0 Å². The molecule has 14 heteroatoms. The van der Waals surface area contributed by atoms with Crippen molar-refractivity contribution < 1.29 is 33.9 Å². The fourth-order valence-corrected chi connectivity index (χ4v) is 2.09. The fraction of sp³-hybridized carbons (Fsp3) is 0.364. The molecule has 0 spiro atoms. The molecule has 2 aliphatic heterocycles. The van der Waals surface area contributed by atoms with Gasteiger partial charge in [-0.1, -0.05) is 5.92 Å². The number of aliphatic imine (C=N–C) groups is 3. The fourth-order valence-electron chi connectivity index (χ4n) is 1.72. The molecule has 2 rings (SSSR count). The monoisotopic (exact) mass is 390 g/mol. The van der Waals surface area contributed by atoms with Gasteiger partial charge in [0.15, 0.2) is 11.5 Å². The molecule has 0 bridgehead atoms. The molecule has 0 saturated carbocycles. The third kappa shape index (κ3) is 7.50. The Morgan fingerprint density at radius 1 is 1.20 bits per heavy atom. The van der Waals surface area contributed by atoms with Crippen LogP contribution in [0.2, 0.25) is 0 Å². The zero-order valence-electron chi connectivity index (χ0n) is 13.7. The van der Waals surface area contributed by atoms with Gasteiger partial charge in [0.25, 0.3) is 5.91 Å². The van der Waals surface area contributed by atoms with Gasteiger partial charge in [0.1, 0.15) is 5.84 Å². The number of fused-ring (bicyclic) bond motifs is 1. The summed E-state index contributed by atoms with van der Waals surface area (Å²) in [4.78, 5) is 53.0. The van der Waals surface area contributed by atoms with E-state index in [1.807, 2.05) is 0 Å². The Morgan fingerprint density at radius 3 is 2.40 bits per heavy atom. The minimum atomic E-state index is -4.51. The first-order valence-electron chi connectivity index (χ1n) is 6.06. The molecule has 0 atom stereocenters. The second-order valence-corrected chi connectivity index (χ2v) is 5.47. The van der Waals surface area contributed by atoms with Crippen LogP contribution in [-0.4, -0.2) is 122 Å². The van der Waals surface area contributed by atoms with Gasteiger partial charge in [-0.3, -0.25) is 9.32 Å². The Balaban J connectivity index is 0. The molecule has 0 aromatic carbocycles. The van der Waals surface area contributed by atoms with E-state index in [9.17, 15) is 14.2 Å². The number of amidine groups is 2. The third-order valence-corrected chi connectivity index (χ3v) is 3.14. The van der Waals surface area contributed by atoms with Crippen molar-refractivity contribution in [2.24, 2.45) is 15.0 Å². The molecule has 0 aromatic heterocycles. The minimum absolute atomic E-state index is 0. The van der Waals surface area contributed by atoms with Crippen LogP contribution in [0.15, 0.2) is 15.0 Å². The maximum Gasteiger partial charge on any atom is 0.469 e. The summed E-state index contributed by atoms with van der Waals surface area (Å²) in [6.45, 7) is -0.407. The summed E-state index contributed by atoms with van der Waals surface area (Å²) in [5.74, 6) is 1.66. The van der Waals surface area contributed by atoms with E-state index in [-0.39, 0.29) is 108 Å². The first-order valence-corrected chi connectivity index (χ1v) is 7.59. The Bertz CT molecular complexity index is 710. The number of nitrogens with zero attached hydrogens (tertiary/aromatic N) is 4. The maximum atomic E-state index is 12.0. The van der Waals surface area contributed by atoms with Gasteiger partial charge in [0.2, 0.25) is 0 Å². The molecular formula is C11H13N4Na2O7P. The van der Waals surface area contributed by atoms with Gasteiger partial charge in [-0.25, -0.2) is 24.2 Å². The Hall–Kier alpha value is -0.220. The van der Waals surface area contributed by atoms with Gasteiger partial charge in [-0.15, -0.1) is 6.42 Å². The van der Waals surface area contributed by atoms with Crippen LogP contribution in [0.4, 0.5) is 4.79 Å². The van der Waals surface area contributed by atoms with Crippen LogP contribution in [0.3, 0.4) is 0 Å². The van der Waals surface area contributed by atoms with E-state index < -0.39 is 19.8 Å². The third-order valence-electron chi connectivity index (χ3n) is 2.62. The van der Waals surface area contributed by atoms with Crippen LogP contribution in [-0.2, 0) is 13.9 Å². The summed E-state index contributed by atoms with van der Waals surface area (Å²) in [7, 11) is -4.51. The van der Waals surface area contributed by atoms with E-state index in [4.69, 9.17) is 16.2 Å². The van der Waals surface area contributed by atoms with Crippen LogP contribution >= 0.6 is 7.82 Å². The van der Waals surface area contributed by atoms with Crippen LogP contribution in [0.25, 0.3) is 0 Å². The van der Waals surface area contributed by atoms with Gasteiger partial charge in [0.05, 0.1) is 13.2 Å². The predicted molar refractivity (Wildman–Crippen MR) is 90.6 cm³/mol. The number of hydrogen-bond acceptors (Lipinski definition) is 6. The molecule has 0 aromatic rings. The van der Waals surface area contributed by atoms with Crippen molar-refractivity contribution in [3.63, 3.8) is 0 Å². The SMILES string of the molecule is C#CCN1C(=O)N=C2N=C(CCCOP(=O)(O)O)N=C2C1=O.O.[Na].[Na]. The summed E-state index contributed by atoms with van der Waals surface area (Å²) in [5, 5.41) is 0. The molecule has 2 heterocycles. The van der Waals surface area contributed by atoms with E-state index in [0.717, 1.165) is 4.90 Å². The summed E-state index contributed by atoms with van der Waals surface area (Å²) >= 11 is 0. The van der Waals surface area contributed by atoms with Gasteiger partial charge in [-0.05, 0) is 6.42 Å². The van der Waals surface area contributed by atoms with Crippen molar-refractivity contribution >= 4 is 96.3 Å². The molecule has 126 valence electrons. The number of terminal acetylenes is 1. The number of carbonyl (C=O) groups is 2. The number of imide groups is 1. The molecule has 11 nitrogen and oxygen atoms in total. The van der Waals surface area contributed by atoms with Crippen molar-refractivity contribution in [2.45, 2.75) is 12.8 Å². The average molecular weight is 390 g/mol. The molecule has 0 aliphatic carbocycles. The summed E-state index contributed by atoms with van der Waals surface area (Å²) in [6, 6.07) is -0.799. The van der Waals surface area contributed by atoms with E-state index in [0.29, 0.717) is 0 Å². The van der Waals surface area contributed by atoms with Gasteiger partial charge in [0, 0.05) is 65.5 Å². The van der Waals surface area contributed by atoms with Crippen molar-refractivity contribution in [3.05, 3.63) is 0 Å². The first kappa shape index (κ1) is 27.0. The maximum absolute atomic E-state index is 12.0. The van der Waals surface area contributed by atoms with Crippen LogP contribution < -0.4 is 0 Å². The Labute approximate surface area is 187 Å². The van der Waals surface area contributed by atoms with Crippen molar-refractivity contribution in [1.82, 2.24) is 4.90 Å². The summed E-state index contributed by atoms with van der Waals surface area (Å²) < 4.78 is 14.8. The molecular weight excluding hydrogens is 377 g/mol. The number of amides is 3. The molecule has 0 saturated heterocycles. The van der Waals surface area contributed by atoms with Crippen LogP contribution in [0.1, 0.15) is 12.8 Å². The molecule has 2 radical (unpaired) electrons. The molecule has 0 fully saturated rings. The zero-order valence-corrected chi connectivity index (χ0v) is 18.6. The Morgan fingerprint density at radius 2 is 1.84 bits per heavy atom. The number of rotatable bonds is 6. The average Bonchev–Trinajstić information content (AvgIpc) is 2.81. The van der Waals surface area contributed by atoms with Crippen LogP contribution in [0.5, 0.6) is 0 Å². The van der Waals surface area contributed by atoms with Crippen molar-refractivity contribution in [2.75, 3.05) is 13.2 Å². The summed E-state index contributed by atoms with van der Waals surface area (Å²) in [5.41, 5.74) is -0.0687. The number of phosphoric ester groups is 1. The summed E-state index contributed by atoms with van der Waals surface area (Å²) in [6.07, 6.45) is 5.51. The largest absolute Gasteiger partial charge is 0.469 e. The molecule has 3 amide bonds. The van der Waals surface area contributed by atoms with Gasteiger partial charge >= 0.3 is 13.9 Å². The molecule has 4 N–H and O–H groups in total. The smallest absolute Gasteiger partial charge is 0.412 e. The van der Waals surface area contributed by atoms with Gasteiger partial charge < -0.3 is 15.3 Å². The molecule has 2 aliphatic rings. The second kappa shape index (κ2) is 11.5. The molecule has 0 unspecified atom stereocenters.